The molecule has 0 unspecified atom stereocenters. The average Bonchev–Trinajstić information content (AvgIpc) is 2.54. The number of benzene rings is 2. The summed E-state index contributed by atoms with van der Waals surface area (Å²) in [5, 5.41) is 0. The minimum atomic E-state index is -3.60. The molecule has 0 saturated heterocycles. The SMILES string of the molecule is Fc1c(F)c(F)[c]([Sn+2][c]2c(F)c(F)c(F)c(F)c2F)c(F)c1F.[Br-].[Br-]. The Morgan fingerprint density at radius 1 is 0.320 bits per heavy atom. The Labute approximate surface area is 164 Å². The van der Waals surface area contributed by atoms with Gasteiger partial charge in [-0.25, -0.2) is 0 Å². The van der Waals surface area contributed by atoms with Crippen LogP contribution >= 0.6 is 0 Å². The minimum Gasteiger partial charge on any atom is -1.00 e. The molecule has 0 heterocycles. The summed E-state index contributed by atoms with van der Waals surface area (Å²) in [5.74, 6) is -23.9. The van der Waals surface area contributed by atoms with Crippen molar-refractivity contribution >= 4 is 28.3 Å². The Bertz CT molecular complexity index is 701. The largest absolute Gasteiger partial charge is 1.00 e. The summed E-state index contributed by atoms with van der Waals surface area (Å²) in [7, 11) is 0. The maximum absolute atomic E-state index is 13.4. The van der Waals surface area contributed by atoms with Crippen LogP contribution in [0.4, 0.5) is 43.9 Å². The van der Waals surface area contributed by atoms with Crippen LogP contribution in [0.3, 0.4) is 0 Å². The van der Waals surface area contributed by atoms with Gasteiger partial charge in [0.15, 0.2) is 0 Å². The predicted octanol–water partition coefficient (Wildman–Crippen LogP) is -3.26. The van der Waals surface area contributed by atoms with E-state index in [1.165, 1.54) is 0 Å². The first-order valence-electron chi connectivity index (χ1n) is 5.39. The van der Waals surface area contributed by atoms with Crippen molar-refractivity contribution in [2.45, 2.75) is 0 Å². The van der Waals surface area contributed by atoms with Gasteiger partial charge < -0.3 is 34.0 Å². The second kappa shape index (κ2) is 8.93. The standard InChI is InChI=1S/2C6F5.2BrH.Sn/c2*7-2-1-3(8)5(10)6(11)4(2)9;;;/h;;2*1H;/q;;;;+2/p-2. The molecular weight excluding hydrogens is 613 g/mol. The van der Waals surface area contributed by atoms with Crippen molar-refractivity contribution in [3.8, 4) is 0 Å². The molecule has 0 radical (unpaired) electrons. The van der Waals surface area contributed by atoms with Gasteiger partial charge in [0, 0.05) is 0 Å². The molecule has 0 N–H and O–H groups in total. The number of rotatable bonds is 2. The average molecular weight is 613 g/mol. The fourth-order valence-corrected chi connectivity index (χ4v) is 4.77. The molecule has 0 fully saturated rings. The van der Waals surface area contributed by atoms with Crippen LogP contribution in [0.5, 0.6) is 0 Å². The molecular formula is C12Br2F10Sn. The van der Waals surface area contributed by atoms with E-state index in [0.29, 0.717) is 0 Å². The van der Waals surface area contributed by atoms with E-state index in [1.54, 1.807) is 0 Å². The quantitative estimate of drug-likeness (QED) is 0.145. The van der Waals surface area contributed by atoms with Gasteiger partial charge in [-0.1, -0.05) is 0 Å². The maximum Gasteiger partial charge on any atom is -1.00 e. The Kier molecular flexibility index (Phi) is 8.75. The molecule has 13 heteroatoms. The summed E-state index contributed by atoms with van der Waals surface area (Å²) < 4.78 is 128. The predicted molar refractivity (Wildman–Crippen MR) is 57.5 cm³/mol. The second-order valence-corrected chi connectivity index (χ2v) is 7.58. The normalized spacial score (nSPS) is 10.0. The van der Waals surface area contributed by atoms with Gasteiger partial charge in [-0.05, 0) is 0 Å². The number of hydrogen-bond acceptors (Lipinski definition) is 0. The topological polar surface area (TPSA) is 0 Å². The molecule has 0 aliphatic heterocycles. The van der Waals surface area contributed by atoms with E-state index < -0.39 is 86.5 Å². The molecule has 0 saturated carbocycles. The molecule has 2 aromatic rings. The van der Waals surface area contributed by atoms with Crippen molar-refractivity contribution in [3.63, 3.8) is 0 Å². The molecule has 0 spiro atoms. The fraction of sp³-hybridized carbons (Fsp3) is 0. The molecule has 0 amide bonds. The van der Waals surface area contributed by atoms with Crippen molar-refractivity contribution < 1.29 is 77.9 Å². The van der Waals surface area contributed by atoms with Crippen LogP contribution in [-0.2, 0) is 0 Å². The summed E-state index contributed by atoms with van der Waals surface area (Å²) in [4.78, 5) is 0. The molecule has 0 aliphatic rings. The fourth-order valence-electron chi connectivity index (χ4n) is 1.55. The molecule has 0 atom stereocenters. The maximum atomic E-state index is 13.4. The Hall–Kier alpha value is -0.501. The van der Waals surface area contributed by atoms with Gasteiger partial charge >= 0.3 is 130 Å². The Balaban J connectivity index is 0.00000288. The Morgan fingerprint density at radius 2 is 0.480 bits per heavy atom. The van der Waals surface area contributed by atoms with Crippen LogP contribution in [0.15, 0.2) is 0 Å². The third-order valence-corrected chi connectivity index (χ3v) is 6.60. The first kappa shape index (κ1) is 24.5. The van der Waals surface area contributed by atoms with E-state index in [9.17, 15) is 43.9 Å². The van der Waals surface area contributed by atoms with E-state index in [-0.39, 0.29) is 34.0 Å². The van der Waals surface area contributed by atoms with E-state index in [2.05, 4.69) is 0 Å². The Morgan fingerprint density at radius 3 is 0.680 bits per heavy atom. The smallest absolute Gasteiger partial charge is 1.00 e. The minimum absolute atomic E-state index is 0. The van der Waals surface area contributed by atoms with Crippen LogP contribution in [0.25, 0.3) is 0 Å². The van der Waals surface area contributed by atoms with Crippen molar-refractivity contribution in [3.05, 3.63) is 58.2 Å². The zero-order valence-corrected chi connectivity index (χ0v) is 17.1. The van der Waals surface area contributed by atoms with Gasteiger partial charge in [-0.15, -0.1) is 0 Å². The molecule has 0 aliphatic carbocycles. The summed E-state index contributed by atoms with van der Waals surface area (Å²) in [6.07, 6.45) is 0. The van der Waals surface area contributed by atoms with Crippen LogP contribution < -0.4 is 41.1 Å². The van der Waals surface area contributed by atoms with Gasteiger partial charge in [0.2, 0.25) is 0 Å². The molecule has 25 heavy (non-hydrogen) atoms. The first-order chi connectivity index (χ1) is 10.6. The van der Waals surface area contributed by atoms with Gasteiger partial charge in [0.25, 0.3) is 0 Å². The molecule has 0 aromatic heterocycles. The second-order valence-electron chi connectivity index (χ2n) is 4.01. The van der Waals surface area contributed by atoms with Crippen molar-refractivity contribution in [2.24, 2.45) is 0 Å². The molecule has 136 valence electrons. The summed E-state index contributed by atoms with van der Waals surface area (Å²) in [6, 6.07) is 0. The van der Waals surface area contributed by atoms with Crippen molar-refractivity contribution in [1.82, 2.24) is 0 Å². The number of hydrogen-bond donors (Lipinski definition) is 0. The third-order valence-electron chi connectivity index (χ3n) is 2.67. The van der Waals surface area contributed by atoms with Crippen molar-refractivity contribution in [1.29, 1.82) is 0 Å². The van der Waals surface area contributed by atoms with Crippen LogP contribution in [-0.4, -0.2) is 21.1 Å². The monoisotopic (exact) mass is 612 g/mol. The van der Waals surface area contributed by atoms with Gasteiger partial charge in [-0.3, -0.25) is 0 Å². The van der Waals surface area contributed by atoms with E-state index >= 15 is 0 Å². The molecule has 2 aromatic carbocycles. The molecule has 0 bridgehead atoms. The van der Waals surface area contributed by atoms with E-state index in [1.807, 2.05) is 0 Å². The molecule has 2 rings (SSSR count). The van der Waals surface area contributed by atoms with Crippen LogP contribution in [0, 0.1) is 58.2 Å². The summed E-state index contributed by atoms with van der Waals surface area (Å²) >= 11 is -3.60. The third kappa shape index (κ3) is 4.10. The summed E-state index contributed by atoms with van der Waals surface area (Å²) in [6.45, 7) is 0. The van der Waals surface area contributed by atoms with Gasteiger partial charge in [-0.2, -0.15) is 0 Å². The van der Waals surface area contributed by atoms with E-state index in [4.69, 9.17) is 0 Å². The van der Waals surface area contributed by atoms with Crippen molar-refractivity contribution in [2.75, 3.05) is 0 Å². The van der Waals surface area contributed by atoms with E-state index in [0.717, 1.165) is 0 Å². The van der Waals surface area contributed by atoms with Crippen LogP contribution in [0.1, 0.15) is 0 Å². The zero-order valence-electron chi connectivity index (χ0n) is 11.0. The first-order valence-corrected chi connectivity index (χ1v) is 8.24. The van der Waals surface area contributed by atoms with Gasteiger partial charge in [0.1, 0.15) is 0 Å². The van der Waals surface area contributed by atoms with Crippen LogP contribution in [0.2, 0.25) is 0 Å². The summed E-state index contributed by atoms with van der Waals surface area (Å²) in [5.41, 5.74) is 0. The number of halogens is 12. The molecule has 0 nitrogen and oxygen atoms in total. The zero-order chi connectivity index (χ0) is 17.6. The van der Waals surface area contributed by atoms with Gasteiger partial charge in [0.05, 0.1) is 0 Å².